The normalized spacial score (nSPS) is 42.9. The Morgan fingerprint density at radius 3 is 2.81 bits per heavy atom. The van der Waals surface area contributed by atoms with Gasteiger partial charge in [-0.25, -0.2) is 0 Å². The van der Waals surface area contributed by atoms with Crippen molar-refractivity contribution < 1.29 is 0 Å². The maximum Gasteiger partial charge on any atom is 0.0206 e. The zero-order valence-electron chi connectivity index (χ0n) is 10.5. The van der Waals surface area contributed by atoms with E-state index in [1.807, 2.05) is 0 Å². The summed E-state index contributed by atoms with van der Waals surface area (Å²) >= 11 is 2.27. The Hall–Kier alpha value is 0.310. The SMILES string of the molecule is CC1CNC2CCC3(CCCC3)CC2SC1. The first-order valence-electron chi connectivity index (χ1n) is 7.12. The number of hydrogen-bond donors (Lipinski definition) is 1. The van der Waals surface area contributed by atoms with Crippen LogP contribution in [0.5, 0.6) is 0 Å². The summed E-state index contributed by atoms with van der Waals surface area (Å²) in [5.74, 6) is 2.25. The highest BCUT2D eigenvalue weighted by molar-refractivity contribution is 8.00. The quantitative estimate of drug-likeness (QED) is 0.695. The average molecular weight is 239 g/mol. The monoisotopic (exact) mass is 239 g/mol. The lowest BCUT2D eigenvalue weighted by Gasteiger charge is -2.42. The second-order valence-electron chi connectivity index (χ2n) is 6.44. The van der Waals surface area contributed by atoms with Crippen molar-refractivity contribution in [3.63, 3.8) is 0 Å². The number of hydrogen-bond acceptors (Lipinski definition) is 2. The maximum atomic E-state index is 3.82. The van der Waals surface area contributed by atoms with Gasteiger partial charge in [0.1, 0.15) is 0 Å². The average Bonchev–Trinajstić information content (AvgIpc) is 2.65. The molecule has 0 aromatic rings. The topological polar surface area (TPSA) is 12.0 Å². The first-order valence-corrected chi connectivity index (χ1v) is 8.17. The molecule has 1 heterocycles. The Bertz CT molecular complexity index is 247. The molecule has 3 atom stereocenters. The van der Waals surface area contributed by atoms with Crippen molar-refractivity contribution in [1.29, 1.82) is 0 Å². The predicted molar refractivity (Wildman–Crippen MR) is 72.0 cm³/mol. The number of rotatable bonds is 0. The van der Waals surface area contributed by atoms with E-state index in [0.717, 1.165) is 22.6 Å². The second-order valence-corrected chi connectivity index (χ2v) is 7.71. The third-order valence-corrected chi connectivity index (χ3v) is 6.74. The van der Waals surface area contributed by atoms with Crippen LogP contribution in [0.1, 0.15) is 51.9 Å². The fourth-order valence-electron chi connectivity index (χ4n) is 4.01. The third-order valence-electron chi connectivity index (χ3n) is 5.06. The van der Waals surface area contributed by atoms with Gasteiger partial charge < -0.3 is 5.32 Å². The summed E-state index contributed by atoms with van der Waals surface area (Å²) in [6, 6.07) is 0.834. The van der Waals surface area contributed by atoms with Crippen molar-refractivity contribution in [3.8, 4) is 0 Å². The summed E-state index contributed by atoms with van der Waals surface area (Å²) in [5, 5.41) is 4.75. The molecule has 3 aliphatic rings. The summed E-state index contributed by atoms with van der Waals surface area (Å²) in [5.41, 5.74) is 0.781. The number of fused-ring (bicyclic) bond motifs is 1. The lowest BCUT2D eigenvalue weighted by molar-refractivity contribution is 0.175. The van der Waals surface area contributed by atoms with Gasteiger partial charge in [-0.05, 0) is 55.7 Å². The smallest absolute Gasteiger partial charge is 0.0206 e. The van der Waals surface area contributed by atoms with E-state index in [4.69, 9.17) is 0 Å². The Balaban J connectivity index is 1.68. The van der Waals surface area contributed by atoms with E-state index in [-0.39, 0.29) is 0 Å². The van der Waals surface area contributed by atoms with Gasteiger partial charge in [0.15, 0.2) is 0 Å². The van der Waals surface area contributed by atoms with Crippen molar-refractivity contribution in [3.05, 3.63) is 0 Å². The Labute approximate surface area is 104 Å². The molecule has 0 amide bonds. The summed E-state index contributed by atoms with van der Waals surface area (Å²) in [7, 11) is 0. The summed E-state index contributed by atoms with van der Waals surface area (Å²) in [6.45, 7) is 3.64. The zero-order chi connectivity index (χ0) is 11.0. The van der Waals surface area contributed by atoms with Crippen LogP contribution in [0.25, 0.3) is 0 Å². The van der Waals surface area contributed by atoms with Crippen molar-refractivity contribution in [2.24, 2.45) is 11.3 Å². The van der Waals surface area contributed by atoms with Gasteiger partial charge in [-0.1, -0.05) is 19.8 Å². The maximum absolute atomic E-state index is 3.82. The van der Waals surface area contributed by atoms with Gasteiger partial charge in [-0.15, -0.1) is 0 Å². The Morgan fingerprint density at radius 1 is 1.19 bits per heavy atom. The molecule has 2 aliphatic carbocycles. The molecule has 3 unspecified atom stereocenters. The molecule has 0 bridgehead atoms. The van der Waals surface area contributed by atoms with E-state index in [2.05, 4.69) is 24.0 Å². The van der Waals surface area contributed by atoms with Crippen LogP contribution < -0.4 is 5.32 Å². The van der Waals surface area contributed by atoms with Crippen LogP contribution in [0.2, 0.25) is 0 Å². The molecule has 16 heavy (non-hydrogen) atoms. The van der Waals surface area contributed by atoms with E-state index >= 15 is 0 Å². The first kappa shape index (κ1) is 11.4. The summed E-state index contributed by atoms with van der Waals surface area (Å²) in [6.07, 6.45) is 10.6. The molecule has 3 rings (SSSR count). The zero-order valence-corrected chi connectivity index (χ0v) is 11.3. The standard InChI is InChI=1S/C14H25NS/c1-11-9-15-12-4-7-14(5-2-3-6-14)8-13(12)16-10-11/h11-13,15H,2-10H2,1H3. The Kier molecular flexibility index (Phi) is 3.23. The van der Waals surface area contributed by atoms with Crippen LogP contribution in [0.3, 0.4) is 0 Å². The molecule has 1 spiro atoms. The largest absolute Gasteiger partial charge is 0.313 e. The van der Waals surface area contributed by atoms with E-state index in [1.165, 1.54) is 57.2 Å². The fraction of sp³-hybridized carbons (Fsp3) is 1.00. The minimum absolute atomic E-state index is 0.781. The highest BCUT2D eigenvalue weighted by Gasteiger charge is 2.43. The molecule has 1 saturated heterocycles. The molecule has 92 valence electrons. The summed E-state index contributed by atoms with van der Waals surface area (Å²) < 4.78 is 0. The second kappa shape index (κ2) is 4.53. The molecule has 2 saturated carbocycles. The van der Waals surface area contributed by atoms with Crippen LogP contribution in [0.4, 0.5) is 0 Å². The van der Waals surface area contributed by atoms with E-state index in [9.17, 15) is 0 Å². The van der Waals surface area contributed by atoms with Gasteiger partial charge in [0.05, 0.1) is 0 Å². The minimum Gasteiger partial charge on any atom is -0.313 e. The van der Waals surface area contributed by atoms with Gasteiger partial charge in [-0.2, -0.15) is 11.8 Å². The summed E-state index contributed by atoms with van der Waals surface area (Å²) in [4.78, 5) is 0. The van der Waals surface area contributed by atoms with Gasteiger partial charge in [-0.3, -0.25) is 0 Å². The van der Waals surface area contributed by atoms with E-state index in [1.54, 1.807) is 0 Å². The minimum atomic E-state index is 0.781. The number of thioether (sulfide) groups is 1. The highest BCUT2D eigenvalue weighted by atomic mass is 32.2. The van der Waals surface area contributed by atoms with Crippen LogP contribution in [-0.2, 0) is 0 Å². The Morgan fingerprint density at radius 2 is 2.00 bits per heavy atom. The molecule has 1 N–H and O–H groups in total. The fourth-order valence-corrected chi connectivity index (χ4v) is 5.64. The van der Waals surface area contributed by atoms with E-state index in [0.29, 0.717) is 0 Å². The van der Waals surface area contributed by atoms with Crippen LogP contribution >= 0.6 is 11.8 Å². The van der Waals surface area contributed by atoms with Gasteiger partial charge >= 0.3 is 0 Å². The molecular weight excluding hydrogens is 214 g/mol. The molecule has 1 nitrogen and oxygen atoms in total. The van der Waals surface area contributed by atoms with Crippen molar-refractivity contribution >= 4 is 11.8 Å². The molecule has 0 aromatic heterocycles. The lowest BCUT2D eigenvalue weighted by Crippen LogP contribution is -2.45. The predicted octanol–water partition coefficient (Wildman–Crippen LogP) is 3.44. The van der Waals surface area contributed by atoms with Gasteiger partial charge in [0.25, 0.3) is 0 Å². The van der Waals surface area contributed by atoms with Crippen molar-refractivity contribution in [2.75, 3.05) is 12.3 Å². The molecule has 0 aromatic carbocycles. The van der Waals surface area contributed by atoms with Crippen LogP contribution in [0.15, 0.2) is 0 Å². The van der Waals surface area contributed by atoms with Crippen LogP contribution in [0, 0.1) is 11.3 Å². The third kappa shape index (κ3) is 2.15. The lowest BCUT2D eigenvalue weighted by atomic mass is 9.71. The molecule has 0 radical (unpaired) electrons. The molecule has 1 aliphatic heterocycles. The van der Waals surface area contributed by atoms with Crippen LogP contribution in [-0.4, -0.2) is 23.6 Å². The molecular formula is C14H25NS. The van der Waals surface area contributed by atoms with Gasteiger partial charge in [0.2, 0.25) is 0 Å². The van der Waals surface area contributed by atoms with Crippen molar-refractivity contribution in [2.45, 2.75) is 63.2 Å². The highest BCUT2D eigenvalue weighted by Crippen LogP contribution is 2.51. The number of nitrogens with one attached hydrogen (secondary N) is 1. The molecule has 2 heteroatoms. The van der Waals surface area contributed by atoms with E-state index < -0.39 is 0 Å². The van der Waals surface area contributed by atoms with Crippen molar-refractivity contribution in [1.82, 2.24) is 5.32 Å². The first-order chi connectivity index (χ1) is 7.77. The molecule has 3 fully saturated rings. The van der Waals surface area contributed by atoms with Gasteiger partial charge in [0, 0.05) is 11.3 Å².